The number of aromatic hydroxyl groups is 1. The summed E-state index contributed by atoms with van der Waals surface area (Å²) in [5.74, 6) is 2.16. The lowest BCUT2D eigenvalue weighted by Gasteiger charge is -2.11. The van der Waals surface area contributed by atoms with E-state index in [1.165, 1.54) is 0 Å². The number of hydrogen-bond donors (Lipinski definition) is 2. The number of ether oxygens (including phenoxy) is 1. The van der Waals surface area contributed by atoms with Crippen molar-refractivity contribution in [2.75, 3.05) is 12.4 Å². The highest BCUT2D eigenvalue weighted by atomic mass is 16.5. The normalized spacial score (nSPS) is 10.7. The van der Waals surface area contributed by atoms with E-state index in [0.717, 1.165) is 33.7 Å². The minimum atomic E-state index is 0.224. The van der Waals surface area contributed by atoms with Gasteiger partial charge in [-0.25, -0.2) is 9.97 Å². The molecule has 0 atom stereocenters. The quantitative estimate of drug-likeness (QED) is 0.326. The van der Waals surface area contributed by atoms with Crippen molar-refractivity contribution in [3.05, 3.63) is 103 Å². The molecule has 172 valence electrons. The summed E-state index contributed by atoms with van der Waals surface area (Å²) in [5.41, 5.74) is 5.13. The maximum Gasteiger partial charge on any atom is 0.180 e. The number of phenolic OH excluding ortho intramolecular Hbond substituents is 1. The molecule has 3 aromatic heterocycles. The van der Waals surface area contributed by atoms with Crippen molar-refractivity contribution in [3.63, 3.8) is 0 Å². The van der Waals surface area contributed by atoms with Gasteiger partial charge in [0, 0.05) is 42.3 Å². The molecule has 7 heteroatoms. The summed E-state index contributed by atoms with van der Waals surface area (Å²) in [5, 5.41) is 13.1. The maximum absolute atomic E-state index is 9.77. The molecule has 0 fully saturated rings. The lowest BCUT2D eigenvalue weighted by atomic mass is 10.0. The van der Waals surface area contributed by atoms with Crippen molar-refractivity contribution in [1.82, 2.24) is 19.9 Å². The van der Waals surface area contributed by atoms with E-state index < -0.39 is 0 Å². The molecule has 0 amide bonds. The van der Waals surface area contributed by atoms with Gasteiger partial charge in [-0.15, -0.1) is 0 Å². The second-order valence-electron chi connectivity index (χ2n) is 7.89. The Hall–Kier alpha value is -4.78. The Morgan fingerprint density at radius 1 is 0.800 bits per heavy atom. The van der Waals surface area contributed by atoms with E-state index in [0.29, 0.717) is 23.9 Å². The van der Waals surface area contributed by atoms with Crippen LogP contribution in [-0.2, 0) is 6.54 Å². The van der Waals surface area contributed by atoms with Crippen molar-refractivity contribution < 1.29 is 9.84 Å². The summed E-state index contributed by atoms with van der Waals surface area (Å²) >= 11 is 0. The number of phenols is 1. The zero-order valence-electron chi connectivity index (χ0n) is 19.1. The smallest absolute Gasteiger partial charge is 0.180 e. The fraction of sp³-hybridized carbons (Fsp3) is 0.0714. The topological polar surface area (TPSA) is 93.0 Å². The van der Waals surface area contributed by atoms with Crippen LogP contribution in [0.15, 0.2) is 97.5 Å². The van der Waals surface area contributed by atoms with Gasteiger partial charge in [0.05, 0.1) is 12.8 Å². The monoisotopic (exact) mass is 461 g/mol. The molecule has 5 aromatic rings. The first-order valence-electron chi connectivity index (χ1n) is 11.1. The molecule has 0 aliphatic carbocycles. The number of nitrogens with zero attached hydrogens (tertiary/aromatic N) is 4. The molecule has 0 bridgehead atoms. The third kappa shape index (κ3) is 5.25. The zero-order chi connectivity index (χ0) is 24.0. The van der Waals surface area contributed by atoms with Crippen molar-refractivity contribution in [1.29, 1.82) is 0 Å². The maximum atomic E-state index is 9.77. The summed E-state index contributed by atoms with van der Waals surface area (Å²) in [6.07, 6.45) is 5.32. The molecule has 0 aliphatic heterocycles. The van der Waals surface area contributed by atoms with Crippen LogP contribution >= 0.6 is 0 Å². The summed E-state index contributed by atoms with van der Waals surface area (Å²) in [4.78, 5) is 18.4. The molecule has 3 heterocycles. The first-order valence-corrected chi connectivity index (χ1v) is 11.1. The molecule has 2 N–H and O–H groups in total. The Morgan fingerprint density at radius 2 is 1.69 bits per heavy atom. The van der Waals surface area contributed by atoms with Gasteiger partial charge in [-0.2, -0.15) is 0 Å². The highest BCUT2D eigenvalue weighted by molar-refractivity contribution is 5.73. The molecular weight excluding hydrogens is 438 g/mol. The largest absolute Gasteiger partial charge is 0.508 e. The van der Waals surface area contributed by atoms with E-state index in [2.05, 4.69) is 20.3 Å². The number of pyridine rings is 2. The molecule has 2 aromatic carbocycles. The van der Waals surface area contributed by atoms with Gasteiger partial charge in [0.25, 0.3) is 0 Å². The van der Waals surface area contributed by atoms with E-state index >= 15 is 0 Å². The van der Waals surface area contributed by atoms with E-state index in [-0.39, 0.29) is 5.75 Å². The molecule has 35 heavy (non-hydrogen) atoms. The van der Waals surface area contributed by atoms with Gasteiger partial charge < -0.3 is 15.2 Å². The second kappa shape index (κ2) is 10.0. The predicted molar refractivity (Wildman–Crippen MR) is 136 cm³/mol. The molecule has 0 spiro atoms. The summed E-state index contributed by atoms with van der Waals surface area (Å²) in [6, 6.07) is 24.6. The summed E-state index contributed by atoms with van der Waals surface area (Å²) in [6.45, 7) is 0.495. The number of nitrogens with one attached hydrogen (secondary N) is 1. The highest BCUT2D eigenvalue weighted by Gasteiger charge is 2.11. The average Bonchev–Trinajstić information content (AvgIpc) is 2.92. The molecule has 5 rings (SSSR count). The second-order valence-corrected chi connectivity index (χ2v) is 7.89. The van der Waals surface area contributed by atoms with Crippen LogP contribution in [0.2, 0.25) is 0 Å². The van der Waals surface area contributed by atoms with Crippen LogP contribution in [0.25, 0.3) is 33.9 Å². The fourth-order valence-corrected chi connectivity index (χ4v) is 3.69. The van der Waals surface area contributed by atoms with Gasteiger partial charge in [-0.1, -0.05) is 30.3 Å². The molecule has 0 unspecified atom stereocenters. The van der Waals surface area contributed by atoms with Crippen molar-refractivity contribution >= 4 is 5.82 Å². The SMILES string of the molecule is COc1cccc(-c2cncc(-c3cc(NCc4cccc(O)c4)nc(-c4ccccn4)n3)c2)c1. The van der Waals surface area contributed by atoms with Gasteiger partial charge >= 0.3 is 0 Å². The van der Waals surface area contributed by atoms with E-state index in [1.807, 2.05) is 72.9 Å². The number of aromatic nitrogens is 4. The summed E-state index contributed by atoms with van der Waals surface area (Å²) in [7, 11) is 1.65. The lowest BCUT2D eigenvalue weighted by molar-refractivity contribution is 0.415. The Kier molecular flexibility index (Phi) is 6.30. The van der Waals surface area contributed by atoms with Crippen LogP contribution < -0.4 is 10.1 Å². The van der Waals surface area contributed by atoms with Crippen LogP contribution in [0.5, 0.6) is 11.5 Å². The van der Waals surface area contributed by atoms with Gasteiger partial charge in [0.2, 0.25) is 0 Å². The molecule has 0 saturated heterocycles. The molecule has 0 radical (unpaired) electrons. The van der Waals surface area contributed by atoms with Crippen molar-refractivity contribution in [2.24, 2.45) is 0 Å². The van der Waals surface area contributed by atoms with E-state index in [4.69, 9.17) is 9.72 Å². The Bertz CT molecular complexity index is 1460. The molecule has 7 nitrogen and oxygen atoms in total. The number of methoxy groups -OCH3 is 1. The van der Waals surface area contributed by atoms with Crippen molar-refractivity contribution in [3.8, 4) is 45.4 Å². The number of rotatable bonds is 7. The average molecular weight is 462 g/mol. The van der Waals surface area contributed by atoms with Gasteiger partial charge in [-0.3, -0.25) is 9.97 Å². The molecule has 0 saturated carbocycles. The Balaban J connectivity index is 1.53. The Morgan fingerprint density at radius 3 is 2.51 bits per heavy atom. The third-order valence-electron chi connectivity index (χ3n) is 5.44. The molecular formula is C28H23N5O2. The number of hydrogen-bond acceptors (Lipinski definition) is 7. The third-order valence-corrected chi connectivity index (χ3v) is 5.44. The summed E-state index contributed by atoms with van der Waals surface area (Å²) < 4.78 is 5.37. The fourth-order valence-electron chi connectivity index (χ4n) is 3.69. The van der Waals surface area contributed by atoms with Crippen LogP contribution in [0.1, 0.15) is 5.56 Å². The van der Waals surface area contributed by atoms with Crippen molar-refractivity contribution in [2.45, 2.75) is 6.54 Å². The number of anilines is 1. The number of benzene rings is 2. The van der Waals surface area contributed by atoms with E-state index in [1.54, 1.807) is 31.6 Å². The minimum Gasteiger partial charge on any atom is -0.508 e. The minimum absolute atomic E-state index is 0.224. The van der Waals surface area contributed by atoms with Crippen LogP contribution in [0.4, 0.5) is 5.82 Å². The Labute approximate surface area is 203 Å². The predicted octanol–water partition coefficient (Wildman–Crippen LogP) is 5.59. The van der Waals surface area contributed by atoms with Gasteiger partial charge in [0.15, 0.2) is 5.82 Å². The zero-order valence-corrected chi connectivity index (χ0v) is 19.1. The first kappa shape index (κ1) is 22.0. The first-order chi connectivity index (χ1) is 17.2. The van der Waals surface area contributed by atoms with E-state index in [9.17, 15) is 5.11 Å². The van der Waals surface area contributed by atoms with Gasteiger partial charge in [-0.05, 0) is 53.6 Å². The highest BCUT2D eigenvalue weighted by Crippen LogP contribution is 2.29. The van der Waals surface area contributed by atoms with Crippen LogP contribution in [-0.4, -0.2) is 32.2 Å². The molecule has 0 aliphatic rings. The van der Waals surface area contributed by atoms with Crippen LogP contribution in [0.3, 0.4) is 0 Å². The van der Waals surface area contributed by atoms with Gasteiger partial charge in [0.1, 0.15) is 23.0 Å². The standard InChI is InChI=1S/C28H23N5O2/c1-35-24-9-5-7-20(14-24)21-13-22(18-29-17-21)26-15-27(31-16-19-6-4-8-23(34)12-19)33-28(32-26)25-10-2-3-11-30-25/h2-15,17-18,34H,16H2,1H3,(H,31,32,33). The van der Waals surface area contributed by atoms with Crippen LogP contribution in [0, 0.1) is 0 Å². The lowest BCUT2D eigenvalue weighted by Crippen LogP contribution is -2.04.